The molecule has 0 aliphatic heterocycles. The lowest BCUT2D eigenvalue weighted by Crippen LogP contribution is -2.46. The molecule has 0 bridgehead atoms. The van der Waals surface area contributed by atoms with Crippen molar-refractivity contribution in [2.75, 3.05) is 0 Å². The van der Waals surface area contributed by atoms with Gasteiger partial charge in [-0.2, -0.15) is 0 Å². The van der Waals surface area contributed by atoms with Crippen LogP contribution < -0.4 is 0 Å². The predicted molar refractivity (Wildman–Crippen MR) is 88.2 cm³/mol. The number of alkyl halides is 1. The number of aromatic nitrogens is 3. The molecule has 0 amide bonds. The third kappa shape index (κ3) is 1.82. The summed E-state index contributed by atoms with van der Waals surface area (Å²) in [5, 5.41) is 8.00. The number of carbonyl (C=O) groups excluding carboxylic acids is 2. The molecule has 0 fully saturated rings. The number of benzene rings is 2. The molecule has 118 valence electrons. The van der Waals surface area contributed by atoms with Gasteiger partial charge in [0, 0.05) is 11.1 Å². The van der Waals surface area contributed by atoms with E-state index in [4.69, 9.17) is 11.6 Å². The number of fused-ring (bicyclic) bond motifs is 1. The summed E-state index contributed by atoms with van der Waals surface area (Å²) in [6, 6.07) is 15.7. The fourth-order valence-corrected chi connectivity index (χ4v) is 3.30. The molecule has 1 heterocycles. The molecule has 0 radical (unpaired) electrons. The van der Waals surface area contributed by atoms with Crippen LogP contribution in [0.5, 0.6) is 0 Å². The lowest BCUT2D eigenvalue weighted by molar-refractivity contribution is 0.0744. The lowest BCUT2D eigenvalue weighted by Gasteiger charge is -2.26. The smallest absolute Gasteiger partial charge is 0.214 e. The number of hydrogen-bond acceptors (Lipinski definition) is 4. The highest BCUT2D eigenvalue weighted by Crippen LogP contribution is 2.40. The van der Waals surface area contributed by atoms with Crippen molar-refractivity contribution in [3.8, 4) is 0 Å². The first-order chi connectivity index (χ1) is 11.7. The summed E-state index contributed by atoms with van der Waals surface area (Å²) in [7, 11) is 0. The molecular formula is C18H12ClN3O2. The molecule has 2 aromatic carbocycles. The van der Waals surface area contributed by atoms with Gasteiger partial charge in [0.05, 0.1) is 17.8 Å². The van der Waals surface area contributed by atoms with Crippen molar-refractivity contribution in [2.24, 2.45) is 0 Å². The molecular weight excluding hydrogens is 326 g/mol. The van der Waals surface area contributed by atoms with Crippen molar-refractivity contribution in [1.82, 2.24) is 15.0 Å². The third-order valence-electron chi connectivity index (χ3n) is 4.29. The zero-order valence-electron chi connectivity index (χ0n) is 12.5. The Morgan fingerprint density at radius 3 is 2.04 bits per heavy atom. The van der Waals surface area contributed by atoms with E-state index in [1.165, 1.54) is 4.68 Å². The van der Waals surface area contributed by atoms with Crippen LogP contribution in [0.25, 0.3) is 0 Å². The molecule has 1 aliphatic carbocycles. The Balaban J connectivity index is 2.04. The first-order valence-electron chi connectivity index (χ1n) is 7.41. The first kappa shape index (κ1) is 14.8. The van der Waals surface area contributed by atoms with Crippen LogP contribution >= 0.6 is 11.6 Å². The molecule has 5 nitrogen and oxygen atoms in total. The maximum atomic E-state index is 13.3. The van der Waals surface area contributed by atoms with Gasteiger partial charge >= 0.3 is 0 Å². The Morgan fingerprint density at radius 2 is 1.50 bits per heavy atom. The number of nitrogens with zero attached hydrogens (tertiary/aromatic N) is 3. The van der Waals surface area contributed by atoms with Gasteiger partial charge in [0.15, 0.2) is 0 Å². The lowest BCUT2D eigenvalue weighted by atomic mass is 9.85. The fraction of sp³-hybridized carbons (Fsp3) is 0.111. The number of ketones is 2. The first-order valence-corrected chi connectivity index (χ1v) is 7.95. The van der Waals surface area contributed by atoms with Crippen molar-refractivity contribution in [2.45, 2.75) is 11.4 Å². The van der Waals surface area contributed by atoms with E-state index in [0.717, 1.165) is 0 Å². The molecule has 0 spiro atoms. The number of hydrogen-bond donors (Lipinski definition) is 0. The van der Waals surface area contributed by atoms with Crippen LogP contribution in [0.2, 0.25) is 0 Å². The minimum atomic E-state index is -1.57. The molecule has 1 aromatic heterocycles. The van der Waals surface area contributed by atoms with Gasteiger partial charge in [0.1, 0.15) is 0 Å². The van der Waals surface area contributed by atoms with Gasteiger partial charge < -0.3 is 0 Å². The number of rotatable bonds is 3. The Labute approximate surface area is 142 Å². The molecule has 0 unspecified atom stereocenters. The quantitative estimate of drug-likeness (QED) is 0.544. The van der Waals surface area contributed by atoms with Crippen molar-refractivity contribution in [3.05, 3.63) is 83.2 Å². The molecule has 3 aromatic rings. The van der Waals surface area contributed by atoms with Crippen molar-refractivity contribution in [3.63, 3.8) is 0 Å². The average molecular weight is 338 g/mol. The van der Waals surface area contributed by atoms with E-state index in [1.54, 1.807) is 54.7 Å². The van der Waals surface area contributed by atoms with Crippen LogP contribution in [0, 0.1) is 0 Å². The summed E-state index contributed by atoms with van der Waals surface area (Å²) < 4.78 is 1.34. The van der Waals surface area contributed by atoms with Crippen molar-refractivity contribution < 1.29 is 9.59 Å². The van der Waals surface area contributed by atoms with E-state index in [0.29, 0.717) is 22.4 Å². The highest BCUT2D eigenvalue weighted by Gasteiger charge is 2.56. The van der Waals surface area contributed by atoms with Crippen LogP contribution in [0.15, 0.2) is 60.8 Å². The highest BCUT2D eigenvalue weighted by atomic mass is 35.5. The maximum Gasteiger partial charge on any atom is 0.214 e. The molecule has 0 saturated heterocycles. The van der Waals surface area contributed by atoms with Gasteiger partial charge in [-0.25, -0.2) is 4.68 Å². The Morgan fingerprint density at radius 1 is 0.917 bits per heavy atom. The van der Waals surface area contributed by atoms with Crippen LogP contribution in [0.3, 0.4) is 0 Å². The summed E-state index contributed by atoms with van der Waals surface area (Å²) in [6.07, 6.45) is 1.56. The molecule has 0 N–H and O–H groups in total. The normalized spacial score (nSPS) is 15.5. The predicted octanol–water partition coefficient (Wildman–Crippen LogP) is 2.84. The standard InChI is InChI=1S/C18H12ClN3O2/c19-10-13-11-22(21-20-13)18(12-6-2-1-3-7-12)16(23)14-8-4-5-9-15(14)17(18)24/h1-9,11H,10H2. The maximum absolute atomic E-state index is 13.3. The second-order valence-corrected chi connectivity index (χ2v) is 5.84. The molecule has 24 heavy (non-hydrogen) atoms. The minimum absolute atomic E-state index is 0.153. The van der Waals surface area contributed by atoms with Gasteiger partial charge in [-0.3, -0.25) is 9.59 Å². The zero-order valence-corrected chi connectivity index (χ0v) is 13.3. The van der Waals surface area contributed by atoms with Crippen LogP contribution in [-0.4, -0.2) is 26.6 Å². The summed E-state index contributed by atoms with van der Waals surface area (Å²) in [5.74, 6) is -0.458. The van der Waals surface area contributed by atoms with Gasteiger partial charge in [0.2, 0.25) is 17.1 Å². The topological polar surface area (TPSA) is 64.8 Å². The van der Waals surface area contributed by atoms with E-state index < -0.39 is 5.54 Å². The monoisotopic (exact) mass is 337 g/mol. The van der Waals surface area contributed by atoms with Gasteiger partial charge in [-0.05, 0) is 5.56 Å². The van der Waals surface area contributed by atoms with Gasteiger partial charge in [0.25, 0.3) is 0 Å². The van der Waals surface area contributed by atoms with E-state index in [9.17, 15) is 9.59 Å². The molecule has 6 heteroatoms. The van der Waals surface area contributed by atoms with Crippen molar-refractivity contribution >= 4 is 23.2 Å². The van der Waals surface area contributed by atoms with Gasteiger partial charge in [-0.1, -0.05) is 59.8 Å². The highest BCUT2D eigenvalue weighted by molar-refractivity contribution is 6.33. The van der Waals surface area contributed by atoms with Crippen molar-refractivity contribution in [1.29, 1.82) is 0 Å². The fourth-order valence-electron chi connectivity index (χ4n) is 3.18. The van der Waals surface area contributed by atoms with E-state index in [2.05, 4.69) is 10.3 Å². The Kier molecular flexibility index (Phi) is 3.32. The molecule has 0 atom stereocenters. The Hall–Kier alpha value is -2.79. The summed E-state index contributed by atoms with van der Waals surface area (Å²) >= 11 is 5.81. The molecule has 0 saturated carbocycles. The van der Waals surface area contributed by atoms with Gasteiger partial charge in [-0.15, -0.1) is 16.7 Å². The third-order valence-corrected chi connectivity index (χ3v) is 4.56. The zero-order chi connectivity index (χ0) is 16.7. The second kappa shape index (κ2) is 5.39. The van der Waals surface area contributed by atoms with E-state index in [-0.39, 0.29) is 17.4 Å². The van der Waals surface area contributed by atoms with Crippen LogP contribution in [0.1, 0.15) is 32.0 Å². The minimum Gasteiger partial charge on any atom is -0.290 e. The van der Waals surface area contributed by atoms with E-state index >= 15 is 0 Å². The Bertz CT molecular complexity index is 915. The SMILES string of the molecule is O=C1c2ccccc2C(=O)C1(c1ccccc1)n1cc(CCl)nn1. The van der Waals surface area contributed by atoms with E-state index in [1.807, 2.05) is 6.07 Å². The number of halogens is 1. The van der Waals surface area contributed by atoms with Crippen LogP contribution in [0.4, 0.5) is 0 Å². The summed E-state index contributed by atoms with van der Waals surface area (Å²) in [6.45, 7) is 0. The average Bonchev–Trinajstić information content (AvgIpc) is 3.19. The van der Waals surface area contributed by atoms with Crippen LogP contribution in [-0.2, 0) is 11.4 Å². The summed E-state index contributed by atoms with van der Waals surface area (Å²) in [5.41, 5.74) is 0.289. The molecule has 1 aliphatic rings. The number of Topliss-reactive ketones (excluding diaryl/α,β-unsaturated/α-hetero) is 2. The second-order valence-electron chi connectivity index (χ2n) is 5.57. The largest absolute Gasteiger partial charge is 0.290 e. The molecule has 4 rings (SSSR count). The summed E-state index contributed by atoms with van der Waals surface area (Å²) in [4.78, 5) is 26.6. The number of carbonyl (C=O) groups is 2.